The van der Waals surface area contributed by atoms with Gasteiger partial charge in [0.15, 0.2) is 0 Å². The molecular formula is C28H38F2O4. The van der Waals surface area contributed by atoms with Crippen molar-refractivity contribution in [3.05, 3.63) is 46.0 Å². The lowest BCUT2D eigenvalue weighted by Gasteiger charge is -2.41. The fraction of sp³-hybridized carbons (Fsp3) is 0.679. The Bertz CT molecular complexity index is 962. The largest absolute Gasteiger partial charge is 0.451 e. The zero-order chi connectivity index (χ0) is 24.9. The molecule has 4 rings (SSSR count). The number of benzene rings is 1. The summed E-state index contributed by atoms with van der Waals surface area (Å²) in [5, 5.41) is 21.6. The molecule has 1 fully saturated rings. The number of carbonyl (C=O) groups excluding carboxylic acids is 1. The van der Waals surface area contributed by atoms with Gasteiger partial charge in [-0.2, -0.15) is 0 Å². The van der Waals surface area contributed by atoms with Gasteiger partial charge in [-0.25, -0.2) is 13.6 Å². The van der Waals surface area contributed by atoms with Gasteiger partial charge in [0.05, 0.1) is 11.7 Å². The van der Waals surface area contributed by atoms with E-state index in [2.05, 4.69) is 0 Å². The minimum Gasteiger partial charge on any atom is -0.451 e. The number of aliphatic hydroxyl groups is 2. The van der Waals surface area contributed by atoms with Crippen molar-refractivity contribution in [2.45, 2.75) is 109 Å². The predicted octanol–water partition coefficient (Wildman–Crippen LogP) is 5.62. The Morgan fingerprint density at radius 3 is 2.44 bits per heavy atom. The maximum Gasteiger partial charge on any atom is 0.334 e. The smallest absolute Gasteiger partial charge is 0.334 e. The number of carbonyl (C=O) groups is 1. The maximum absolute atomic E-state index is 13.9. The summed E-state index contributed by atoms with van der Waals surface area (Å²) in [6.45, 7) is 6.29. The maximum atomic E-state index is 13.9. The molecule has 188 valence electrons. The second-order valence-corrected chi connectivity index (χ2v) is 11.5. The van der Waals surface area contributed by atoms with Crippen molar-refractivity contribution in [3.8, 4) is 0 Å². The first-order chi connectivity index (χ1) is 15.8. The third-order valence-corrected chi connectivity index (χ3v) is 8.29. The third-order valence-electron chi connectivity index (χ3n) is 8.29. The second-order valence-electron chi connectivity index (χ2n) is 11.5. The van der Waals surface area contributed by atoms with Gasteiger partial charge in [-0.05, 0) is 108 Å². The number of alkyl halides is 2. The average molecular weight is 477 g/mol. The SMILES string of the molecule is CC1=C(C(O)C2CCc3ccc(C(C)(F)F)cc3C2)C2(CCC(CCC(C)(C)O)CC2)OC1=O. The molecule has 34 heavy (non-hydrogen) atoms. The fourth-order valence-electron chi connectivity index (χ4n) is 6.18. The van der Waals surface area contributed by atoms with E-state index in [0.29, 0.717) is 36.3 Å². The number of aryl methyl sites for hydroxylation is 1. The number of fused-ring (bicyclic) bond motifs is 1. The van der Waals surface area contributed by atoms with E-state index in [0.717, 1.165) is 56.6 Å². The van der Waals surface area contributed by atoms with Crippen LogP contribution in [0.2, 0.25) is 0 Å². The lowest BCUT2D eigenvalue weighted by molar-refractivity contribution is -0.150. The summed E-state index contributed by atoms with van der Waals surface area (Å²) in [5.74, 6) is -2.93. The van der Waals surface area contributed by atoms with Gasteiger partial charge in [-0.1, -0.05) is 12.1 Å². The van der Waals surface area contributed by atoms with Gasteiger partial charge in [-0.15, -0.1) is 0 Å². The van der Waals surface area contributed by atoms with Crippen LogP contribution in [0.5, 0.6) is 0 Å². The van der Waals surface area contributed by atoms with Crippen LogP contribution in [0, 0.1) is 11.8 Å². The molecular weight excluding hydrogens is 438 g/mol. The Morgan fingerprint density at radius 1 is 1.15 bits per heavy atom. The highest BCUT2D eigenvalue weighted by Crippen LogP contribution is 2.49. The van der Waals surface area contributed by atoms with Crippen LogP contribution in [0.25, 0.3) is 0 Å². The van der Waals surface area contributed by atoms with Crippen LogP contribution < -0.4 is 0 Å². The number of hydrogen-bond donors (Lipinski definition) is 2. The second kappa shape index (κ2) is 9.02. The first-order valence-corrected chi connectivity index (χ1v) is 12.6. The minimum atomic E-state index is -2.90. The lowest BCUT2D eigenvalue weighted by atomic mass is 9.68. The van der Waals surface area contributed by atoms with Gasteiger partial charge in [0.2, 0.25) is 0 Å². The Kier molecular flexibility index (Phi) is 6.71. The number of aliphatic hydroxyl groups excluding tert-OH is 1. The lowest BCUT2D eigenvalue weighted by Crippen LogP contribution is -2.43. The summed E-state index contributed by atoms with van der Waals surface area (Å²) >= 11 is 0. The summed E-state index contributed by atoms with van der Waals surface area (Å²) < 4.78 is 33.7. The highest BCUT2D eigenvalue weighted by Gasteiger charge is 2.51. The average Bonchev–Trinajstić information content (AvgIpc) is 3.00. The summed E-state index contributed by atoms with van der Waals surface area (Å²) in [4.78, 5) is 12.6. The highest BCUT2D eigenvalue weighted by atomic mass is 19.3. The number of rotatable bonds is 6. The summed E-state index contributed by atoms with van der Waals surface area (Å²) in [5.41, 5.74) is 1.68. The molecule has 1 aliphatic heterocycles. The molecule has 1 aromatic rings. The molecule has 1 spiro atoms. The molecule has 4 nitrogen and oxygen atoms in total. The molecule has 1 saturated carbocycles. The van der Waals surface area contributed by atoms with Gasteiger partial charge in [0.25, 0.3) is 5.92 Å². The van der Waals surface area contributed by atoms with Crippen LogP contribution in [0.3, 0.4) is 0 Å². The molecule has 0 aromatic heterocycles. The molecule has 2 unspecified atom stereocenters. The Labute approximate surface area is 201 Å². The van der Waals surface area contributed by atoms with Gasteiger partial charge in [-0.3, -0.25) is 0 Å². The molecule has 1 aromatic carbocycles. The fourth-order valence-corrected chi connectivity index (χ4v) is 6.18. The zero-order valence-electron chi connectivity index (χ0n) is 20.8. The van der Waals surface area contributed by atoms with Gasteiger partial charge in [0.1, 0.15) is 5.60 Å². The predicted molar refractivity (Wildman–Crippen MR) is 127 cm³/mol. The van der Waals surface area contributed by atoms with E-state index in [4.69, 9.17) is 4.74 Å². The van der Waals surface area contributed by atoms with Crippen LogP contribution in [0.4, 0.5) is 8.78 Å². The van der Waals surface area contributed by atoms with E-state index in [-0.39, 0.29) is 17.5 Å². The summed E-state index contributed by atoms with van der Waals surface area (Å²) in [6.07, 6.45) is 5.92. The van der Waals surface area contributed by atoms with Crippen molar-refractivity contribution in [1.29, 1.82) is 0 Å². The van der Waals surface area contributed by atoms with E-state index >= 15 is 0 Å². The van der Waals surface area contributed by atoms with Crippen LogP contribution in [-0.4, -0.2) is 33.5 Å². The van der Waals surface area contributed by atoms with Crippen LogP contribution in [0.1, 0.15) is 89.3 Å². The van der Waals surface area contributed by atoms with Gasteiger partial charge in [0, 0.05) is 23.6 Å². The molecule has 0 saturated heterocycles. The molecule has 0 amide bonds. The molecule has 0 bridgehead atoms. The Morgan fingerprint density at radius 2 is 1.82 bits per heavy atom. The number of esters is 1. The molecule has 6 heteroatoms. The normalized spacial score (nSPS) is 28.8. The Hall–Kier alpha value is -1.79. The molecule has 0 radical (unpaired) electrons. The van der Waals surface area contributed by atoms with Crippen molar-refractivity contribution in [2.24, 2.45) is 11.8 Å². The third kappa shape index (κ3) is 5.08. The van der Waals surface area contributed by atoms with Crippen molar-refractivity contribution in [1.82, 2.24) is 0 Å². The van der Waals surface area contributed by atoms with Crippen molar-refractivity contribution in [3.63, 3.8) is 0 Å². The van der Waals surface area contributed by atoms with E-state index < -0.39 is 23.2 Å². The summed E-state index contributed by atoms with van der Waals surface area (Å²) in [6, 6.07) is 4.86. The quantitative estimate of drug-likeness (QED) is 0.523. The van der Waals surface area contributed by atoms with Crippen LogP contribution in [0.15, 0.2) is 29.3 Å². The molecule has 2 N–H and O–H groups in total. The van der Waals surface area contributed by atoms with Crippen LogP contribution >= 0.6 is 0 Å². The zero-order valence-corrected chi connectivity index (χ0v) is 20.8. The molecule has 2 aliphatic carbocycles. The van der Waals surface area contributed by atoms with E-state index in [1.165, 1.54) is 6.07 Å². The van der Waals surface area contributed by atoms with Crippen molar-refractivity contribution in [2.75, 3.05) is 0 Å². The molecule has 2 atom stereocenters. The van der Waals surface area contributed by atoms with Gasteiger partial charge >= 0.3 is 5.97 Å². The number of halogens is 2. The minimum absolute atomic E-state index is 0.00277. The van der Waals surface area contributed by atoms with Crippen molar-refractivity contribution < 1.29 is 28.5 Å². The molecule has 1 heterocycles. The first-order valence-electron chi connectivity index (χ1n) is 12.6. The van der Waals surface area contributed by atoms with E-state index in [1.54, 1.807) is 19.1 Å². The number of hydrogen-bond acceptors (Lipinski definition) is 4. The highest BCUT2D eigenvalue weighted by molar-refractivity contribution is 5.92. The first kappa shape index (κ1) is 25.3. The molecule has 3 aliphatic rings. The number of ether oxygens (including phenoxy) is 1. The monoisotopic (exact) mass is 476 g/mol. The topological polar surface area (TPSA) is 66.8 Å². The van der Waals surface area contributed by atoms with Crippen molar-refractivity contribution >= 4 is 5.97 Å². The summed E-state index contributed by atoms with van der Waals surface area (Å²) in [7, 11) is 0. The van der Waals surface area contributed by atoms with E-state index in [1.807, 2.05) is 13.8 Å². The van der Waals surface area contributed by atoms with Crippen LogP contribution in [-0.2, 0) is 28.3 Å². The van der Waals surface area contributed by atoms with Gasteiger partial charge < -0.3 is 14.9 Å². The standard InChI is InChI=1S/C28H38F2O4/c1-17-23(28(34-25(17)32)13-10-18(11-14-28)9-12-26(2,3)33)24(31)20-6-5-19-7-8-22(27(4,29)30)16-21(19)15-20/h7-8,16,18,20,24,31,33H,5-6,9-15H2,1-4H3. The van der Waals surface area contributed by atoms with E-state index in [9.17, 15) is 23.8 Å². The Balaban J connectivity index is 1.51.